The number of hydrogen-bond donors (Lipinski definition) is 1. The summed E-state index contributed by atoms with van der Waals surface area (Å²) in [6.45, 7) is 0. The van der Waals surface area contributed by atoms with Gasteiger partial charge in [0.1, 0.15) is 5.75 Å². The fourth-order valence-electron chi connectivity index (χ4n) is 1.71. The van der Waals surface area contributed by atoms with Gasteiger partial charge >= 0.3 is 6.36 Å². The van der Waals surface area contributed by atoms with Crippen molar-refractivity contribution in [3.8, 4) is 5.75 Å². The smallest absolute Gasteiger partial charge is 0.405 e. The van der Waals surface area contributed by atoms with E-state index < -0.39 is 12.4 Å². The van der Waals surface area contributed by atoms with E-state index in [0.29, 0.717) is 10.0 Å². The van der Waals surface area contributed by atoms with Crippen LogP contribution in [0.5, 0.6) is 5.75 Å². The Hall–Kier alpha value is -0.750. The summed E-state index contributed by atoms with van der Waals surface area (Å²) in [7, 11) is 0. The molecule has 0 radical (unpaired) electrons. The van der Waals surface area contributed by atoms with Crippen LogP contribution in [0.2, 0.25) is 0 Å². The van der Waals surface area contributed by atoms with Gasteiger partial charge in [-0.25, -0.2) is 0 Å². The number of ether oxygens (including phenoxy) is 1. The third-order valence-corrected chi connectivity index (χ3v) is 3.18. The van der Waals surface area contributed by atoms with Crippen LogP contribution in [-0.4, -0.2) is 6.36 Å². The molecule has 1 fully saturated rings. The van der Waals surface area contributed by atoms with E-state index in [2.05, 4.69) is 20.7 Å². The molecule has 0 aromatic heterocycles. The highest BCUT2D eigenvalue weighted by Crippen LogP contribution is 2.43. The highest BCUT2D eigenvalue weighted by molar-refractivity contribution is 9.10. The fraction of sp³-hybridized carbons (Fsp3) is 0.455. The molecule has 6 heteroatoms. The topological polar surface area (TPSA) is 35.2 Å². The Morgan fingerprint density at radius 3 is 2.53 bits per heavy atom. The van der Waals surface area contributed by atoms with Crippen molar-refractivity contribution < 1.29 is 17.9 Å². The van der Waals surface area contributed by atoms with Crippen LogP contribution >= 0.6 is 15.9 Å². The van der Waals surface area contributed by atoms with Gasteiger partial charge in [-0.05, 0) is 37.0 Å². The lowest BCUT2D eigenvalue weighted by atomic mass is 10.0. The molecule has 0 bridgehead atoms. The summed E-state index contributed by atoms with van der Waals surface area (Å²) < 4.78 is 41.4. The van der Waals surface area contributed by atoms with E-state index in [-0.39, 0.29) is 11.7 Å². The third-order valence-electron chi connectivity index (χ3n) is 2.69. The zero-order chi connectivity index (χ0) is 12.6. The van der Waals surface area contributed by atoms with E-state index in [0.717, 1.165) is 12.8 Å². The van der Waals surface area contributed by atoms with Gasteiger partial charge in [0.25, 0.3) is 0 Å². The normalized spacial score (nSPS) is 17.9. The molecule has 0 unspecified atom stereocenters. The second-order valence-corrected chi connectivity index (χ2v) is 5.01. The van der Waals surface area contributed by atoms with E-state index in [1.165, 1.54) is 12.1 Å². The second-order valence-electron chi connectivity index (χ2n) is 4.09. The molecule has 17 heavy (non-hydrogen) atoms. The lowest BCUT2D eigenvalue weighted by molar-refractivity contribution is -0.275. The van der Waals surface area contributed by atoms with E-state index in [1.54, 1.807) is 6.07 Å². The average Bonchev–Trinajstić information content (AvgIpc) is 3.01. The monoisotopic (exact) mass is 309 g/mol. The molecule has 0 aliphatic heterocycles. The van der Waals surface area contributed by atoms with Crippen molar-refractivity contribution in [2.45, 2.75) is 25.2 Å². The van der Waals surface area contributed by atoms with Crippen LogP contribution in [0.3, 0.4) is 0 Å². The number of rotatable bonds is 3. The first kappa shape index (κ1) is 12.7. The van der Waals surface area contributed by atoms with Crippen molar-refractivity contribution in [2.75, 3.05) is 0 Å². The quantitative estimate of drug-likeness (QED) is 0.922. The Balaban J connectivity index is 2.30. The lowest BCUT2D eigenvalue weighted by Crippen LogP contribution is -2.21. The van der Waals surface area contributed by atoms with E-state index >= 15 is 0 Å². The molecule has 1 aliphatic carbocycles. The molecule has 1 atom stereocenters. The molecule has 0 saturated heterocycles. The maximum atomic E-state index is 12.2. The number of alkyl halides is 3. The summed E-state index contributed by atoms with van der Waals surface area (Å²) in [6, 6.07) is 3.98. The summed E-state index contributed by atoms with van der Waals surface area (Å²) in [5, 5.41) is 0. The molecular weight excluding hydrogens is 299 g/mol. The first-order valence-corrected chi connectivity index (χ1v) is 5.97. The van der Waals surface area contributed by atoms with Crippen LogP contribution in [0.25, 0.3) is 0 Å². The fourth-order valence-corrected chi connectivity index (χ4v) is 2.09. The Morgan fingerprint density at radius 1 is 1.35 bits per heavy atom. The first-order valence-electron chi connectivity index (χ1n) is 5.17. The van der Waals surface area contributed by atoms with Crippen LogP contribution in [0.4, 0.5) is 13.2 Å². The summed E-state index contributed by atoms with van der Waals surface area (Å²) in [5.41, 5.74) is 6.32. The van der Waals surface area contributed by atoms with Gasteiger partial charge in [0, 0.05) is 16.1 Å². The minimum Gasteiger partial charge on any atom is -0.405 e. The van der Waals surface area contributed by atoms with E-state index in [9.17, 15) is 13.2 Å². The van der Waals surface area contributed by atoms with Crippen LogP contribution in [-0.2, 0) is 0 Å². The molecule has 0 heterocycles. The van der Waals surface area contributed by atoms with Gasteiger partial charge in [0.2, 0.25) is 0 Å². The van der Waals surface area contributed by atoms with E-state index in [1.807, 2.05) is 0 Å². The maximum absolute atomic E-state index is 12.2. The zero-order valence-corrected chi connectivity index (χ0v) is 10.4. The summed E-state index contributed by atoms with van der Waals surface area (Å²) in [6.07, 6.45) is -2.77. The summed E-state index contributed by atoms with van der Waals surface area (Å²) in [5.74, 6) is 0.0555. The van der Waals surface area contributed by atoms with Gasteiger partial charge < -0.3 is 10.5 Å². The Kier molecular flexibility index (Phi) is 3.36. The van der Waals surface area contributed by atoms with Gasteiger partial charge in [-0.3, -0.25) is 0 Å². The Labute approximate surface area is 105 Å². The second kappa shape index (κ2) is 4.49. The molecule has 1 saturated carbocycles. The molecule has 1 aromatic rings. The molecule has 0 amide bonds. The standard InChI is InChI=1S/C11H11BrF3NO/c12-7-3-4-9(17-11(13,14)15)8(5-7)10(16)6-1-2-6/h3-6,10H,1-2,16H2/t10-/m0/s1. The predicted molar refractivity (Wildman–Crippen MR) is 60.5 cm³/mol. The summed E-state index contributed by atoms with van der Waals surface area (Å²) in [4.78, 5) is 0. The van der Waals surface area contributed by atoms with Crippen molar-refractivity contribution in [3.63, 3.8) is 0 Å². The van der Waals surface area contributed by atoms with Crippen molar-refractivity contribution in [1.82, 2.24) is 0 Å². The predicted octanol–water partition coefficient (Wildman–Crippen LogP) is 3.76. The minimum absolute atomic E-state index is 0.208. The molecule has 2 rings (SSSR count). The summed E-state index contributed by atoms with van der Waals surface area (Å²) >= 11 is 3.22. The van der Waals surface area contributed by atoms with Gasteiger partial charge in [-0.1, -0.05) is 15.9 Å². The van der Waals surface area contributed by atoms with Crippen LogP contribution in [0.1, 0.15) is 24.4 Å². The first-order chi connectivity index (χ1) is 7.87. The molecule has 94 valence electrons. The average molecular weight is 310 g/mol. The van der Waals surface area contributed by atoms with Crippen molar-refractivity contribution in [3.05, 3.63) is 28.2 Å². The molecule has 2 nitrogen and oxygen atoms in total. The number of hydrogen-bond acceptors (Lipinski definition) is 2. The molecule has 1 aromatic carbocycles. The molecule has 1 aliphatic rings. The van der Waals surface area contributed by atoms with Gasteiger partial charge in [-0.15, -0.1) is 13.2 Å². The van der Waals surface area contributed by atoms with Crippen molar-refractivity contribution in [1.29, 1.82) is 0 Å². The maximum Gasteiger partial charge on any atom is 0.573 e. The highest BCUT2D eigenvalue weighted by atomic mass is 79.9. The number of benzene rings is 1. The van der Waals surface area contributed by atoms with Gasteiger partial charge in [0.15, 0.2) is 0 Å². The minimum atomic E-state index is -4.69. The number of halogens is 4. The van der Waals surface area contributed by atoms with Crippen LogP contribution < -0.4 is 10.5 Å². The molecule has 0 spiro atoms. The number of nitrogens with two attached hydrogens (primary N) is 1. The van der Waals surface area contributed by atoms with Crippen molar-refractivity contribution in [2.24, 2.45) is 11.7 Å². The van der Waals surface area contributed by atoms with E-state index in [4.69, 9.17) is 5.73 Å². The lowest BCUT2D eigenvalue weighted by Gasteiger charge is -2.18. The molecular formula is C11H11BrF3NO. The van der Waals surface area contributed by atoms with Crippen molar-refractivity contribution >= 4 is 15.9 Å². The Bertz CT molecular complexity index is 418. The SMILES string of the molecule is N[C@H](c1cc(Br)ccc1OC(F)(F)F)C1CC1. The van der Waals surface area contributed by atoms with Crippen LogP contribution in [0, 0.1) is 5.92 Å². The van der Waals surface area contributed by atoms with Gasteiger partial charge in [-0.2, -0.15) is 0 Å². The van der Waals surface area contributed by atoms with Crippen LogP contribution in [0.15, 0.2) is 22.7 Å². The largest absolute Gasteiger partial charge is 0.573 e. The zero-order valence-electron chi connectivity index (χ0n) is 8.80. The highest BCUT2D eigenvalue weighted by Gasteiger charge is 2.35. The van der Waals surface area contributed by atoms with Gasteiger partial charge in [0.05, 0.1) is 0 Å². The third kappa shape index (κ3) is 3.35. The molecule has 2 N–H and O–H groups in total. The Morgan fingerprint density at radius 2 is 2.00 bits per heavy atom.